The van der Waals surface area contributed by atoms with Gasteiger partial charge in [-0.15, -0.1) is 0 Å². The molecular weight excluding hydrogens is 320 g/mol. The van der Waals surface area contributed by atoms with Crippen LogP contribution in [0.25, 0.3) is 22.2 Å². The molecule has 3 rings (SSSR count). The lowest BCUT2D eigenvalue weighted by molar-refractivity contribution is 0.0953. The molecule has 3 aromatic rings. The van der Waals surface area contributed by atoms with E-state index in [9.17, 15) is 4.79 Å². The van der Waals surface area contributed by atoms with Crippen LogP contribution in [0, 0.1) is 19.8 Å². The summed E-state index contributed by atoms with van der Waals surface area (Å²) in [5.74, 6) is 0.533. The summed E-state index contributed by atoms with van der Waals surface area (Å²) in [6.07, 6.45) is 0.971. The quantitative estimate of drug-likeness (QED) is 0.681. The van der Waals surface area contributed by atoms with Crippen LogP contribution in [-0.4, -0.2) is 17.4 Å². The molecule has 0 bridgehead atoms. The lowest BCUT2D eigenvalue weighted by Crippen LogP contribution is -2.25. The van der Waals surface area contributed by atoms with E-state index in [1.807, 2.05) is 30.3 Å². The number of hydrogen-bond donors (Lipinski definition) is 1. The van der Waals surface area contributed by atoms with E-state index in [4.69, 9.17) is 4.98 Å². The summed E-state index contributed by atoms with van der Waals surface area (Å²) in [6.45, 7) is 9.17. The number of carbonyl (C=O) groups is 1. The van der Waals surface area contributed by atoms with Crippen LogP contribution in [0.2, 0.25) is 0 Å². The fourth-order valence-corrected chi connectivity index (χ4v) is 3.17. The molecule has 0 radical (unpaired) electrons. The molecule has 0 atom stereocenters. The molecule has 0 aliphatic carbocycles. The summed E-state index contributed by atoms with van der Waals surface area (Å²) in [5.41, 5.74) is 5.83. The van der Waals surface area contributed by atoms with Crippen molar-refractivity contribution in [2.45, 2.75) is 34.1 Å². The Labute approximate surface area is 155 Å². The van der Waals surface area contributed by atoms with Crippen molar-refractivity contribution in [1.29, 1.82) is 0 Å². The SMILES string of the molecule is Cc1ccc(-c2cc(C(=O)NCCC(C)C)c3ccccc3n2)c(C)c1. The predicted molar refractivity (Wildman–Crippen MR) is 108 cm³/mol. The van der Waals surface area contributed by atoms with Crippen LogP contribution in [0.3, 0.4) is 0 Å². The molecule has 0 saturated heterocycles. The van der Waals surface area contributed by atoms with Crippen LogP contribution >= 0.6 is 0 Å². The summed E-state index contributed by atoms with van der Waals surface area (Å²) >= 11 is 0. The number of amides is 1. The van der Waals surface area contributed by atoms with E-state index in [1.165, 1.54) is 11.1 Å². The van der Waals surface area contributed by atoms with Gasteiger partial charge in [-0.1, -0.05) is 55.8 Å². The smallest absolute Gasteiger partial charge is 0.252 e. The summed E-state index contributed by atoms with van der Waals surface area (Å²) < 4.78 is 0. The second-order valence-electron chi connectivity index (χ2n) is 7.33. The van der Waals surface area contributed by atoms with Crippen molar-refractivity contribution < 1.29 is 4.79 Å². The number of fused-ring (bicyclic) bond motifs is 1. The number of rotatable bonds is 5. The lowest BCUT2D eigenvalue weighted by Gasteiger charge is -2.13. The second-order valence-corrected chi connectivity index (χ2v) is 7.33. The average Bonchev–Trinajstić information content (AvgIpc) is 2.60. The molecule has 0 saturated carbocycles. The van der Waals surface area contributed by atoms with Crippen molar-refractivity contribution in [2.75, 3.05) is 6.54 Å². The molecule has 134 valence electrons. The van der Waals surface area contributed by atoms with Crippen LogP contribution in [0.4, 0.5) is 0 Å². The van der Waals surface area contributed by atoms with E-state index in [0.717, 1.165) is 28.6 Å². The van der Waals surface area contributed by atoms with Gasteiger partial charge in [-0.05, 0) is 43.9 Å². The molecule has 26 heavy (non-hydrogen) atoms. The number of nitrogens with one attached hydrogen (secondary N) is 1. The molecule has 3 nitrogen and oxygen atoms in total. The number of pyridine rings is 1. The van der Waals surface area contributed by atoms with Crippen LogP contribution in [0.1, 0.15) is 41.8 Å². The monoisotopic (exact) mass is 346 g/mol. The number of benzene rings is 2. The van der Waals surface area contributed by atoms with Crippen molar-refractivity contribution >= 4 is 16.8 Å². The van der Waals surface area contributed by atoms with E-state index in [-0.39, 0.29) is 5.91 Å². The molecule has 0 unspecified atom stereocenters. The Morgan fingerprint density at radius 2 is 1.85 bits per heavy atom. The molecule has 1 heterocycles. The third kappa shape index (κ3) is 3.93. The van der Waals surface area contributed by atoms with Gasteiger partial charge in [0.05, 0.1) is 16.8 Å². The topological polar surface area (TPSA) is 42.0 Å². The summed E-state index contributed by atoms with van der Waals surface area (Å²) in [5, 5.41) is 3.95. The molecule has 0 spiro atoms. The van der Waals surface area contributed by atoms with Gasteiger partial charge in [-0.25, -0.2) is 4.98 Å². The summed E-state index contributed by atoms with van der Waals surface area (Å²) in [7, 11) is 0. The Morgan fingerprint density at radius 3 is 2.58 bits per heavy atom. The van der Waals surface area contributed by atoms with Crippen LogP contribution < -0.4 is 5.32 Å². The minimum absolute atomic E-state index is 0.0322. The number of carbonyl (C=O) groups excluding carboxylic acids is 1. The number of para-hydroxylation sites is 1. The van der Waals surface area contributed by atoms with Crippen LogP contribution in [0.15, 0.2) is 48.5 Å². The Bertz CT molecular complexity index is 944. The average molecular weight is 346 g/mol. The maximum absolute atomic E-state index is 12.8. The Balaban J connectivity index is 2.05. The lowest BCUT2D eigenvalue weighted by atomic mass is 9.99. The molecular formula is C23H26N2O. The first-order valence-electron chi connectivity index (χ1n) is 9.21. The van der Waals surface area contributed by atoms with Gasteiger partial charge in [0, 0.05) is 17.5 Å². The zero-order chi connectivity index (χ0) is 18.7. The standard InChI is InChI=1S/C23H26N2O/c1-15(2)11-12-24-23(26)20-14-22(18-10-9-16(3)13-17(18)4)25-21-8-6-5-7-19(20)21/h5-10,13-15H,11-12H2,1-4H3,(H,24,26). The van der Waals surface area contributed by atoms with Gasteiger partial charge in [0.2, 0.25) is 0 Å². The Morgan fingerprint density at radius 1 is 1.08 bits per heavy atom. The maximum atomic E-state index is 12.8. The highest BCUT2D eigenvalue weighted by molar-refractivity contribution is 6.07. The largest absolute Gasteiger partial charge is 0.352 e. The third-order valence-electron chi connectivity index (χ3n) is 4.63. The first-order valence-corrected chi connectivity index (χ1v) is 9.21. The molecule has 0 fully saturated rings. The molecule has 1 aromatic heterocycles. The van der Waals surface area contributed by atoms with Crippen molar-refractivity contribution in [3.05, 3.63) is 65.2 Å². The van der Waals surface area contributed by atoms with Gasteiger partial charge < -0.3 is 5.32 Å². The molecule has 1 N–H and O–H groups in total. The van der Waals surface area contributed by atoms with Crippen molar-refractivity contribution in [1.82, 2.24) is 10.3 Å². The molecule has 2 aromatic carbocycles. The molecule has 0 aliphatic rings. The highest BCUT2D eigenvalue weighted by Gasteiger charge is 2.14. The number of nitrogens with zero attached hydrogens (tertiary/aromatic N) is 1. The van der Waals surface area contributed by atoms with Gasteiger partial charge in [0.1, 0.15) is 0 Å². The second kappa shape index (κ2) is 7.69. The number of aryl methyl sites for hydroxylation is 2. The van der Waals surface area contributed by atoms with Crippen LogP contribution in [0.5, 0.6) is 0 Å². The van der Waals surface area contributed by atoms with Gasteiger partial charge in [0.15, 0.2) is 0 Å². The van der Waals surface area contributed by atoms with Crippen LogP contribution in [-0.2, 0) is 0 Å². The van der Waals surface area contributed by atoms with E-state index in [2.05, 4.69) is 51.2 Å². The summed E-state index contributed by atoms with van der Waals surface area (Å²) in [6, 6.07) is 16.1. The fraction of sp³-hybridized carbons (Fsp3) is 0.304. The predicted octanol–water partition coefficient (Wildman–Crippen LogP) is 5.29. The zero-order valence-corrected chi connectivity index (χ0v) is 16.0. The summed E-state index contributed by atoms with van der Waals surface area (Å²) in [4.78, 5) is 17.6. The van der Waals surface area contributed by atoms with Crippen molar-refractivity contribution in [2.24, 2.45) is 5.92 Å². The third-order valence-corrected chi connectivity index (χ3v) is 4.63. The molecule has 1 amide bonds. The molecule has 0 aliphatic heterocycles. The van der Waals surface area contributed by atoms with E-state index >= 15 is 0 Å². The molecule has 3 heteroatoms. The van der Waals surface area contributed by atoms with Gasteiger partial charge in [0.25, 0.3) is 5.91 Å². The number of aromatic nitrogens is 1. The number of hydrogen-bond acceptors (Lipinski definition) is 2. The Hall–Kier alpha value is -2.68. The van der Waals surface area contributed by atoms with Crippen molar-refractivity contribution in [3.63, 3.8) is 0 Å². The minimum Gasteiger partial charge on any atom is -0.352 e. The zero-order valence-electron chi connectivity index (χ0n) is 16.0. The van der Waals surface area contributed by atoms with E-state index in [0.29, 0.717) is 18.0 Å². The van der Waals surface area contributed by atoms with E-state index < -0.39 is 0 Å². The first-order chi connectivity index (χ1) is 12.5. The van der Waals surface area contributed by atoms with Gasteiger partial charge in [-0.2, -0.15) is 0 Å². The maximum Gasteiger partial charge on any atom is 0.252 e. The highest BCUT2D eigenvalue weighted by atomic mass is 16.1. The normalized spacial score (nSPS) is 11.1. The van der Waals surface area contributed by atoms with E-state index in [1.54, 1.807) is 0 Å². The first kappa shape index (κ1) is 18.1. The van der Waals surface area contributed by atoms with Gasteiger partial charge >= 0.3 is 0 Å². The van der Waals surface area contributed by atoms with Crippen molar-refractivity contribution in [3.8, 4) is 11.3 Å². The fourth-order valence-electron chi connectivity index (χ4n) is 3.17. The van der Waals surface area contributed by atoms with Gasteiger partial charge in [-0.3, -0.25) is 4.79 Å². The Kier molecular flexibility index (Phi) is 5.36. The minimum atomic E-state index is -0.0322. The highest BCUT2D eigenvalue weighted by Crippen LogP contribution is 2.27.